The van der Waals surface area contributed by atoms with Crippen LogP contribution in [-0.2, 0) is 4.74 Å². The van der Waals surface area contributed by atoms with Crippen molar-refractivity contribution in [3.05, 3.63) is 69.7 Å². The Bertz CT molecular complexity index is 666. The molecule has 0 fully saturated rings. The van der Waals surface area contributed by atoms with E-state index in [0.29, 0.717) is 11.1 Å². The summed E-state index contributed by atoms with van der Waals surface area (Å²) in [7, 11) is 1.36. The number of carbonyl (C=O) groups excluding carboxylic acids is 1. The maximum absolute atomic E-state index is 11.6. The monoisotopic (exact) mass is 314 g/mol. The van der Waals surface area contributed by atoms with Crippen LogP contribution in [0.3, 0.4) is 0 Å². The van der Waals surface area contributed by atoms with Gasteiger partial charge in [-0.15, -0.1) is 0 Å². The lowest BCUT2D eigenvalue weighted by atomic mass is 10.1. The molecule has 0 bridgehead atoms. The van der Waals surface area contributed by atoms with Crippen LogP contribution in [0.25, 0.3) is 0 Å². The van der Waals surface area contributed by atoms with Gasteiger partial charge in [-0.3, -0.25) is 0 Å². The quantitative estimate of drug-likeness (QED) is 0.593. The zero-order valence-electron chi connectivity index (χ0n) is 10.3. The number of hydrogen-bond acceptors (Lipinski definition) is 2. The molecular weight excluding hydrogens is 304 g/mol. The minimum atomic E-state index is -0.378. The molecule has 2 aromatic rings. The maximum Gasteiger partial charge on any atom is 0.339 e. The molecule has 2 aromatic carbocycles. The van der Waals surface area contributed by atoms with Crippen molar-refractivity contribution in [3.8, 4) is 11.8 Å². The standard InChI is InChI=1S/C16H11BrO2/c1-19-16(18)14-8-4-2-6-12(14)10-11-13-7-3-5-9-15(13)17/h2-9H,1H3. The molecule has 0 saturated carbocycles. The molecule has 2 nitrogen and oxygen atoms in total. The van der Waals surface area contributed by atoms with Crippen LogP contribution in [0, 0.1) is 11.8 Å². The van der Waals surface area contributed by atoms with Gasteiger partial charge in [-0.1, -0.05) is 36.1 Å². The van der Waals surface area contributed by atoms with E-state index in [0.717, 1.165) is 10.0 Å². The van der Waals surface area contributed by atoms with Gasteiger partial charge in [-0.2, -0.15) is 0 Å². The largest absolute Gasteiger partial charge is 0.465 e. The van der Waals surface area contributed by atoms with Crippen molar-refractivity contribution < 1.29 is 9.53 Å². The Morgan fingerprint density at radius 2 is 1.58 bits per heavy atom. The number of benzene rings is 2. The Balaban J connectivity index is 2.41. The summed E-state index contributed by atoms with van der Waals surface area (Å²) >= 11 is 3.44. The van der Waals surface area contributed by atoms with Crippen molar-refractivity contribution >= 4 is 21.9 Å². The van der Waals surface area contributed by atoms with E-state index in [4.69, 9.17) is 4.74 Å². The second-order valence-corrected chi connectivity index (χ2v) is 4.62. The van der Waals surface area contributed by atoms with E-state index in [1.54, 1.807) is 18.2 Å². The second-order valence-electron chi connectivity index (χ2n) is 3.77. The van der Waals surface area contributed by atoms with Crippen LogP contribution in [0.5, 0.6) is 0 Å². The highest BCUT2D eigenvalue weighted by Gasteiger charge is 2.08. The number of ether oxygens (including phenoxy) is 1. The molecule has 3 heteroatoms. The van der Waals surface area contributed by atoms with Crippen LogP contribution in [0.2, 0.25) is 0 Å². The van der Waals surface area contributed by atoms with E-state index in [-0.39, 0.29) is 5.97 Å². The predicted octanol–water partition coefficient (Wildman–Crippen LogP) is 3.64. The number of esters is 1. The highest BCUT2D eigenvalue weighted by atomic mass is 79.9. The molecule has 0 aromatic heterocycles. The second kappa shape index (κ2) is 6.21. The van der Waals surface area contributed by atoms with Crippen LogP contribution in [0.1, 0.15) is 21.5 Å². The van der Waals surface area contributed by atoms with Gasteiger partial charge in [0.15, 0.2) is 0 Å². The van der Waals surface area contributed by atoms with Crippen molar-refractivity contribution in [1.82, 2.24) is 0 Å². The molecule has 19 heavy (non-hydrogen) atoms. The molecule has 2 rings (SSSR count). The first-order valence-electron chi connectivity index (χ1n) is 5.66. The number of carbonyl (C=O) groups is 1. The van der Waals surface area contributed by atoms with Gasteiger partial charge in [-0.25, -0.2) is 4.79 Å². The highest BCUT2D eigenvalue weighted by Crippen LogP contribution is 2.15. The summed E-state index contributed by atoms with van der Waals surface area (Å²) in [5.41, 5.74) is 2.01. The van der Waals surface area contributed by atoms with Crippen LogP contribution in [0.15, 0.2) is 53.0 Å². The van der Waals surface area contributed by atoms with Crippen LogP contribution in [-0.4, -0.2) is 13.1 Å². The van der Waals surface area contributed by atoms with Crippen molar-refractivity contribution in [2.75, 3.05) is 7.11 Å². The first-order valence-corrected chi connectivity index (χ1v) is 6.45. The molecule has 0 N–H and O–H groups in total. The Labute approximate surface area is 120 Å². The number of halogens is 1. The Morgan fingerprint density at radius 1 is 1.00 bits per heavy atom. The van der Waals surface area contributed by atoms with Gasteiger partial charge in [0.2, 0.25) is 0 Å². The molecule has 0 spiro atoms. The van der Waals surface area contributed by atoms with Gasteiger partial charge < -0.3 is 4.74 Å². The fraction of sp³-hybridized carbons (Fsp3) is 0.0625. The molecule has 0 atom stereocenters. The van der Waals surface area contributed by atoms with E-state index < -0.39 is 0 Å². The third kappa shape index (κ3) is 3.24. The van der Waals surface area contributed by atoms with E-state index in [9.17, 15) is 4.79 Å². The van der Waals surface area contributed by atoms with Crippen molar-refractivity contribution in [3.63, 3.8) is 0 Å². The first kappa shape index (κ1) is 13.4. The smallest absolute Gasteiger partial charge is 0.339 e. The molecule has 0 saturated heterocycles. The topological polar surface area (TPSA) is 26.3 Å². The first-order chi connectivity index (χ1) is 9.22. The number of methoxy groups -OCH3 is 1. The molecule has 0 amide bonds. The summed E-state index contributed by atoms with van der Waals surface area (Å²) in [5.74, 6) is 5.67. The maximum atomic E-state index is 11.6. The Hall–Kier alpha value is -2.05. The van der Waals surface area contributed by atoms with Crippen LogP contribution >= 0.6 is 15.9 Å². The Kier molecular flexibility index (Phi) is 4.38. The lowest BCUT2D eigenvalue weighted by molar-refractivity contribution is 0.0600. The highest BCUT2D eigenvalue weighted by molar-refractivity contribution is 9.10. The third-order valence-corrected chi connectivity index (χ3v) is 3.23. The average Bonchev–Trinajstić information content (AvgIpc) is 2.46. The number of rotatable bonds is 1. The van der Waals surface area contributed by atoms with Crippen LogP contribution < -0.4 is 0 Å². The molecular formula is C16H11BrO2. The zero-order valence-corrected chi connectivity index (χ0v) is 11.9. The van der Waals surface area contributed by atoms with Crippen molar-refractivity contribution in [2.24, 2.45) is 0 Å². The summed E-state index contributed by atoms with van der Waals surface area (Å²) in [6.07, 6.45) is 0. The fourth-order valence-corrected chi connectivity index (χ4v) is 1.96. The summed E-state index contributed by atoms with van der Waals surface area (Å²) in [6.45, 7) is 0. The normalized spacial score (nSPS) is 9.37. The SMILES string of the molecule is COC(=O)c1ccccc1C#Cc1ccccc1Br. The lowest BCUT2D eigenvalue weighted by Gasteiger charge is -2.01. The molecule has 0 aliphatic carbocycles. The van der Waals surface area contributed by atoms with Gasteiger partial charge in [0, 0.05) is 15.6 Å². The molecule has 0 aliphatic heterocycles. The fourth-order valence-electron chi connectivity index (χ4n) is 1.58. The van der Waals surface area contributed by atoms with Crippen molar-refractivity contribution in [2.45, 2.75) is 0 Å². The van der Waals surface area contributed by atoms with E-state index in [2.05, 4.69) is 27.8 Å². The third-order valence-electron chi connectivity index (χ3n) is 2.54. The summed E-state index contributed by atoms with van der Waals surface area (Å²) < 4.78 is 5.67. The molecule has 0 aliphatic rings. The van der Waals surface area contributed by atoms with E-state index in [1.807, 2.05) is 30.3 Å². The summed E-state index contributed by atoms with van der Waals surface area (Å²) in [4.78, 5) is 11.6. The van der Waals surface area contributed by atoms with Gasteiger partial charge in [-0.05, 0) is 40.2 Å². The van der Waals surface area contributed by atoms with Crippen molar-refractivity contribution in [1.29, 1.82) is 0 Å². The molecule has 0 radical (unpaired) electrons. The predicted molar refractivity (Wildman–Crippen MR) is 77.9 cm³/mol. The molecule has 0 unspecified atom stereocenters. The minimum absolute atomic E-state index is 0.378. The van der Waals surface area contributed by atoms with E-state index >= 15 is 0 Å². The minimum Gasteiger partial charge on any atom is -0.465 e. The summed E-state index contributed by atoms with van der Waals surface area (Å²) in [5, 5.41) is 0. The summed E-state index contributed by atoms with van der Waals surface area (Å²) in [6, 6.07) is 14.8. The van der Waals surface area contributed by atoms with Gasteiger partial charge in [0.1, 0.15) is 0 Å². The van der Waals surface area contributed by atoms with Gasteiger partial charge in [0.25, 0.3) is 0 Å². The lowest BCUT2D eigenvalue weighted by Crippen LogP contribution is -2.03. The molecule has 0 heterocycles. The molecule has 94 valence electrons. The Morgan fingerprint density at radius 3 is 2.26 bits per heavy atom. The average molecular weight is 315 g/mol. The van der Waals surface area contributed by atoms with E-state index in [1.165, 1.54) is 7.11 Å². The zero-order chi connectivity index (χ0) is 13.7. The van der Waals surface area contributed by atoms with Gasteiger partial charge >= 0.3 is 5.97 Å². The van der Waals surface area contributed by atoms with Gasteiger partial charge in [0.05, 0.1) is 12.7 Å². The van der Waals surface area contributed by atoms with Crippen LogP contribution in [0.4, 0.5) is 0 Å². The number of hydrogen-bond donors (Lipinski definition) is 0.